The van der Waals surface area contributed by atoms with Gasteiger partial charge in [-0.3, -0.25) is 4.99 Å². The number of halogens is 1. The van der Waals surface area contributed by atoms with Crippen LogP contribution >= 0.6 is 35.7 Å². The van der Waals surface area contributed by atoms with E-state index in [9.17, 15) is 0 Å². The summed E-state index contributed by atoms with van der Waals surface area (Å²) in [6, 6.07) is 6.06. The second kappa shape index (κ2) is 10.4. The second-order valence-electron chi connectivity index (χ2n) is 6.44. The molecule has 5 nitrogen and oxygen atoms in total. The van der Waals surface area contributed by atoms with E-state index < -0.39 is 0 Å². The van der Waals surface area contributed by atoms with Crippen molar-refractivity contribution in [2.75, 3.05) is 46.7 Å². The third-order valence-corrected chi connectivity index (χ3v) is 5.38. The second-order valence-corrected chi connectivity index (χ2v) is 8.25. The molecule has 25 heavy (non-hydrogen) atoms. The number of guanidine groups is 1. The van der Waals surface area contributed by atoms with E-state index in [0.717, 1.165) is 49.3 Å². The first-order valence-corrected chi connectivity index (χ1v) is 9.28. The fraction of sp³-hybridized carbons (Fsp3) is 0.611. The zero-order valence-electron chi connectivity index (χ0n) is 15.8. The minimum absolute atomic E-state index is 0. The molecule has 0 aromatic heterocycles. The van der Waals surface area contributed by atoms with E-state index in [1.54, 1.807) is 14.2 Å². The van der Waals surface area contributed by atoms with Gasteiger partial charge in [0, 0.05) is 37.2 Å². The van der Waals surface area contributed by atoms with Gasteiger partial charge in [-0.05, 0) is 38.0 Å². The molecule has 1 aliphatic rings. The van der Waals surface area contributed by atoms with E-state index in [1.165, 1.54) is 5.56 Å². The summed E-state index contributed by atoms with van der Waals surface area (Å²) in [7, 11) is 5.17. The van der Waals surface area contributed by atoms with Crippen molar-refractivity contribution in [3.8, 4) is 11.5 Å². The van der Waals surface area contributed by atoms with Crippen molar-refractivity contribution < 1.29 is 9.47 Å². The van der Waals surface area contributed by atoms with Gasteiger partial charge in [0.2, 0.25) is 0 Å². The van der Waals surface area contributed by atoms with E-state index in [-0.39, 0.29) is 28.7 Å². The lowest BCUT2D eigenvalue weighted by Gasteiger charge is -2.39. The van der Waals surface area contributed by atoms with E-state index in [1.807, 2.05) is 30.9 Å². The van der Waals surface area contributed by atoms with Crippen LogP contribution in [0.4, 0.5) is 0 Å². The van der Waals surface area contributed by atoms with E-state index in [0.29, 0.717) is 0 Å². The summed E-state index contributed by atoms with van der Waals surface area (Å²) in [5, 5.41) is 3.49. The van der Waals surface area contributed by atoms with Gasteiger partial charge in [-0.2, -0.15) is 11.8 Å². The number of thioether (sulfide) groups is 1. The molecule has 0 atom stereocenters. The molecule has 1 fully saturated rings. The highest BCUT2D eigenvalue weighted by Crippen LogP contribution is 2.29. The summed E-state index contributed by atoms with van der Waals surface area (Å²) >= 11 is 2.03. The van der Waals surface area contributed by atoms with Crippen LogP contribution in [0.25, 0.3) is 0 Å². The minimum Gasteiger partial charge on any atom is -0.493 e. The third-order valence-electron chi connectivity index (χ3n) is 4.08. The number of benzene rings is 1. The quantitative estimate of drug-likeness (QED) is 0.399. The van der Waals surface area contributed by atoms with Crippen molar-refractivity contribution in [3.63, 3.8) is 0 Å². The Bertz CT molecular complexity index is 581. The van der Waals surface area contributed by atoms with E-state index in [4.69, 9.17) is 9.47 Å². The van der Waals surface area contributed by atoms with E-state index >= 15 is 0 Å². The molecular formula is C18H30IN3O2S. The summed E-state index contributed by atoms with van der Waals surface area (Å²) in [4.78, 5) is 6.80. The van der Waals surface area contributed by atoms with Crippen LogP contribution < -0.4 is 14.8 Å². The molecule has 1 aliphatic heterocycles. The SMILES string of the molecule is CN=C(NCCc1ccc(OC)c(OC)c1)N1CCSC(C)(C)C1.I. The fourth-order valence-corrected chi connectivity index (χ4v) is 4.00. The maximum atomic E-state index is 5.36. The number of nitrogens with zero attached hydrogens (tertiary/aromatic N) is 2. The molecule has 0 amide bonds. The summed E-state index contributed by atoms with van der Waals surface area (Å²) in [5.74, 6) is 3.67. The van der Waals surface area contributed by atoms with Gasteiger partial charge in [0.15, 0.2) is 17.5 Å². The maximum absolute atomic E-state index is 5.36. The van der Waals surface area contributed by atoms with Crippen molar-refractivity contribution in [2.24, 2.45) is 4.99 Å². The molecular weight excluding hydrogens is 449 g/mol. The average Bonchev–Trinajstić information content (AvgIpc) is 2.57. The molecule has 0 bridgehead atoms. The van der Waals surface area contributed by atoms with Gasteiger partial charge in [0.05, 0.1) is 14.2 Å². The Balaban J connectivity index is 0.00000312. The van der Waals surface area contributed by atoms with Gasteiger partial charge in [0.1, 0.15) is 0 Å². The number of methoxy groups -OCH3 is 2. The van der Waals surface area contributed by atoms with Gasteiger partial charge in [-0.1, -0.05) is 6.07 Å². The van der Waals surface area contributed by atoms with Crippen molar-refractivity contribution in [3.05, 3.63) is 23.8 Å². The molecule has 7 heteroatoms. The van der Waals surface area contributed by atoms with Crippen LogP contribution in [0.3, 0.4) is 0 Å². The molecule has 0 spiro atoms. The number of hydrogen-bond acceptors (Lipinski definition) is 4. The summed E-state index contributed by atoms with van der Waals surface area (Å²) in [6.07, 6.45) is 0.908. The predicted molar refractivity (Wildman–Crippen MR) is 118 cm³/mol. The Morgan fingerprint density at radius 2 is 2.00 bits per heavy atom. The Hall–Kier alpha value is -0.830. The summed E-state index contributed by atoms with van der Waals surface area (Å²) < 4.78 is 10.9. The first-order valence-electron chi connectivity index (χ1n) is 8.29. The Morgan fingerprint density at radius 1 is 1.28 bits per heavy atom. The van der Waals surface area contributed by atoms with Crippen LogP contribution in [-0.2, 0) is 6.42 Å². The van der Waals surface area contributed by atoms with Crippen LogP contribution in [0.5, 0.6) is 11.5 Å². The molecule has 1 aromatic rings. The van der Waals surface area contributed by atoms with Crippen molar-refractivity contribution in [2.45, 2.75) is 25.0 Å². The molecule has 0 unspecified atom stereocenters. The number of nitrogens with one attached hydrogen (secondary N) is 1. The fourth-order valence-electron chi connectivity index (χ4n) is 2.88. The van der Waals surface area contributed by atoms with Crippen LogP contribution in [0.2, 0.25) is 0 Å². The van der Waals surface area contributed by atoms with Crippen LogP contribution in [0.1, 0.15) is 19.4 Å². The Morgan fingerprint density at radius 3 is 2.60 bits per heavy atom. The highest BCUT2D eigenvalue weighted by molar-refractivity contribution is 14.0. The van der Waals surface area contributed by atoms with Gasteiger partial charge in [0.25, 0.3) is 0 Å². The molecule has 0 saturated carbocycles. The standard InChI is InChI=1S/C18H29N3O2S.HI/c1-18(2)13-21(10-11-24-18)17(19-3)20-9-8-14-6-7-15(22-4)16(12-14)23-5;/h6-7,12H,8-11,13H2,1-5H3,(H,19,20);1H. The maximum Gasteiger partial charge on any atom is 0.193 e. The van der Waals surface area contributed by atoms with E-state index in [2.05, 4.69) is 35.1 Å². The molecule has 1 N–H and O–H groups in total. The van der Waals surface area contributed by atoms with Gasteiger partial charge in [-0.25, -0.2) is 0 Å². The lowest BCUT2D eigenvalue weighted by molar-refractivity contribution is 0.354. The van der Waals surface area contributed by atoms with Crippen LogP contribution in [-0.4, -0.2) is 62.3 Å². The van der Waals surface area contributed by atoms with Gasteiger partial charge in [-0.15, -0.1) is 24.0 Å². The van der Waals surface area contributed by atoms with Crippen LogP contribution in [0.15, 0.2) is 23.2 Å². The summed E-state index contributed by atoms with van der Waals surface area (Å²) in [6.45, 7) is 7.49. The lowest BCUT2D eigenvalue weighted by atomic mass is 10.1. The average molecular weight is 479 g/mol. The Kier molecular flexibility index (Phi) is 9.20. The molecule has 142 valence electrons. The van der Waals surface area contributed by atoms with Crippen molar-refractivity contribution in [1.29, 1.82) is 0 Å². The van der Waals surface area contributed by atoms with Gasteiger partial charge >= 0.3 is 0 Å². The zero-order valence-corrected chi connectivity index (χ0v) is 18.9. The largest absolute Gasteiger partial charge is 0.493 e. The number of hydrogen-bond donors (Lipinski definition) is 1. The summed E-state index contributed by atoms with van der Waals surface area (Å²) in [5.41, 5.74) is 1.21. The normalized spacial score (nSPS) is 16.8. The number of ether oxygens (including phenoxy) is 2. The monoisotopic (exact) mass is 479 g/mol. The van der Waals surface area contributed by atoms with Gasteiger partial charge < -0.3 is 19.7 Å². The highest BCUT2D eigenvalue weighted by atomic mass is 127. The molecule has 0 aliphatic carbocycles. The first-order chi connectivity index (χ1) is 11.5. The zero-order chi connectivity index (χ0) is 17.6. The van der Waals surface area contributed by atoms with Crippen molar-refractivity contribution >= 4 is 41.7 Å². The smallest absolute Gasteiger partial charge is 0.193 e. The number of aliphatic imine (C=N–C) groups is 1. The Labute approximate surface area is 173 Å². The predicted octanol–water partition coefficient (Wildman–Crippen LogP) is 3.27. The topological polar surface area (TPSA) is 46.1 Å². The molecule has 2 rings (SSSR count). The first kappa shape index (κ1) is 22.2. The van der Waals surface area contributed by atoms with Crippen molar-refractivity contribution in [1.82, 2.24) is 10.2 Å². The molecule has 1 heterocycles. The number of rotatable bonds is 5. The molecule has 1 saturated heterocycles. The lowest BCUT2D eigenvalue weighted by Crippen LogP contribution is -2.51. The highest BCUT2D eigenvalue weighted by Gasteiger charge is 2.28. The van der Waals surface area contributed by atoms with Crippen LogP contribution in [0, 0.1) is 0 Å². The molecule has 1 aromatic carbocycles. The molecule has 0 radical (unpaired) electrons. The minimum atomic E-state index is 0. The third kappa shape index (κ3) is 6.44.